The Labute approximate surface area is 192 Å². The molecule has 5 heteroatoms. The summed E-state index contributed by atoms with van der Waals surface area (Å²) < 4.78 is 0. The minimum absolute atomic E-state index is 0.155. The van der Waals surface area contributed by atoms with Crippen molar-refractivity contribution in [3.8, 4) is 0 Å². The summed E-state index contributed by atoms with van der Waals surface area (Å²) in [6, 6.07) is 11.2. The lowest BCUT2D eigenvalue weighted by Crippen LogP contribution is -2.45. The van der Waals surface area contributed by atoms with Crippen LogP contribution in [-0.2, 0) is 6.42 Å². The number of hydrogen-bond donors (Lipinski definition) is 1. The zero-order chi connectivity index (χ0) is 21.9. The third kappa shape index (κ3) is 5.09. The lowest BCUT2D eigenvalue weighted by molar-refractivity contribution is 0.0593. The van der Waals surface area contributed by atoms with E-state index in [0.29, 0.717) is 23.6 Å². The first kappa shape index (κ1) is 21.7. The number of carbonyl (C=O) groups excluding carboxylic acids is 1. The van der Waals surface area contributed by atoms with E-state index in [-0.39, 0.29) is 5.91 Å². The maximum absolute atomic E-state index is 13.5. The van der Waals surface area contributed by atoms with Gasteiger partial charge in [0.25, 0.3) is 5.91 Å². The fourth-order valence-electron chi connectivity index (χ4n) is 5.65. The molecule has 1 aliphatic heterocycles. The van der Waals surface area contributed by atoms with E-state index in [9.17, 15) is 4.79 Å². The predicted octanol–water partition coefficient (Wildman–Crippen LogP) is 4.94. The molecule has 2 aliphatic carbocycles. The van der Waals surface area contributed by atoms with E-state index in [1.807, 2.05) is 6.07 Å². The summed E-state index contributed by atoms with van der Waals surface area (Å²) in [5.74, 6) is 1.37. The van der Waals surface area contributed by atoms with Crippen LogP contribution < -0.4 is 0 Å². The molecule has 1 aromatic heterocycles. The number of nitrogens with zero attached hydrogens (tertiary/aromatic N) is 3. The first-order chi connectivity index (χ1) is 15.7. The van der Waals surface area contributed by atoms with Crippen molar-refractivity contribution in [3.63, 3.8) is 0 Å². The number of aromatic amines is 1. The molecule has 2 saturated carbocycles. The molecule has 0 spiro atoms. The van der Waals surface area contributed by atoms with Crippen LogP contribution in [0, 0.1) is 12.8 Å². The highest BCUT2D eigenvalue weighted by molar-refractivity contribution is 5.92. The van der Waals surface area contributed by atoms with Crippen molar-refractivity contribution >= 4 is 5.91 Å². The van der Waals surface area contributed by atoms with Crippen molar-refractivity contribution < 1.29 is 4.79 Å². The first-order valence-electron chi connectivity index (χ1n) is 12.8. The average Bonchev–Trinajstić information content (AvgIpc) is 3.31. The van der Waals surface area contributed by atoms with E-state index in [0.717, 1.165) is 51.1 Å². The second kappa shape index (κ2) is 9.78. The Balaban J connectivity index is 1.16. The second-order valence-corrected chi connectivity index (χ2v) is 10.3. The zero-order valence-electron chi connectivity index (χ0n) is 19.6. The average molecular weight is 435 g/mol. The summed E-state index contributed by atoms with van der Waals surface area (Å²) in [7, 11) is 0. The quantitative estimate of drug-likeness (QED) is 0.641. The number of benzene rings is 1. The molecule has 0 unspecified atom stereocenters. The van der Waals surface area contributed by atoms with E-state index in [1.54, 1.807) is 0 Å². The Morgan fingerprint density at radius 3 is 2.56 bits per heavy atom. The molecule has 1 aromatic carbocycles. The second-order valence-electron chi connectivity index (χ2n) is 10.3. The van der Waals surface area contributed by atoms with Crippen LogP contribution in [0.4, 0.5) is 0 Å². The third-order valence-electron chi connectivity index (χ3n) is 7.98. The summed E-state index contributed by atoms with van der Waals surface area (Å²) in [4.78, 5) is 18.3. The van der Waals surface area contributed by atoms with Gasteiger partial charge in [0.15, 0.2) is 0 Å². The number of carbonyl (C=O) groups is 1. The van der Waals surface area contributed by atoms with E-state index < -0.39 is 0 Å². The van der Waals surface area contributed by atoms with Gasteiger partial charge in [0.1, 0.15) is 5.69 Å². The van der Waals surface area contributed by atoms with Gasteiger partial charge in [-0.05, 0) is 88.1 Å². The summed E-state index contributed by atoms with van der Waals surface area (Å²) >= 11 is 0. The first-order valence-corrected chi connectivity index (χ1v) is 12.8. The predicted molar refractivity (Wildman–Crippen MR) is 128 cm³/mol. The standard InChI is InChI=1S/C27H38N4O/c1-20-6-2-3-7-22(20)14-17-30-15-12-21(13-16-30)19-31(24-8-4-5-9-24)27(32)26-18-25(28-29-26)23-10-11-23/h2-3,6-7,18,21,23-24H,4-5,8-17,19H2,1H3,(H,28,29). The minimum Gasteiger partial charge on any atom is -0.334 e. The monoisotopic (exact) mass is 434 g/mol. The number of nitrogens with one attached hydrogen (secondary N) is 1. The van der Waals surface area contributed by atoms with Gasteiger partial charge in [-0.15, -0.1) is 0 Å². The van der Waals surface area contributed by atoms with E-state index in [4.69, 9.17) is 0 Å². The normalized spacial score (nSPS) is 20.7. The van der Waals surface area contributed by atoms with Crippen LogP contribution in [0.25, 0.3) is 0 Å². The van der Waals surface area contributed by atoms with Crippen molar-refractivity contribution in [2.45, 2.75) is 76.7 Å². The number of amides is 1. The molecule has 1 amide bonds. The largest absolute Gasteiger partial charge is 0.334 e. The third-order valence-corrected chi connectivity index (χ3v) is 7.98. The Morgan fingerprint density at radius 1 is 1.09 bits per heavy atom. The van der Waals surface area contributed by atoms with Gasteiger partial charge in [-0.1, -0.05) is 37.1 Å². The van der Waals surface area contributed by atoms with Crippen molar-refractivity contribution in [2.75, 3.05) is 26.2 Å². The van der Waals surface area contributed by atoms with Gasteiger partial charge in [0.05, 0.1) is 0 Å². The van der Waals surface area contributed by atoms with Gasteiger partial charge in [-0.3, -0.25) is 9.89 Å². The molecule has 0 bridgehead atoms. The van der Waals surface area contributed by atoms with E-state index in [1.165, 1.54) is 49.7 Å². The van der Waals surface area contributed by atoms with Crippen LogP contribution in [0.2, 0.25) is 0 Å². The number of aryl methyl sites for hydroxylation is 1. The molecule has 5 nitrogen and oxygen atoms in total. The van der Waals surface area contributed by atoms with Gasteiger partial charge in [0.2, 0.25) is 0 Å². The molecule has 2 aromatic rings. The smallest absolute Gasteiger partial charge is 0.274 e. The van der Waals surface area contributed by atoms with Crippen LogP contribution >= 0.6 is 0 Å². The zero-order valence-corrected chi connectivity index (χ0v) is 19.6. The molecule has 1 N–H and O–H groups in total. The number of rotatable bonds is 8. The summed E-state index contributed by atoms with van der Waals surface area (Å²) in [6.45, 7) is 6.55. The summed E-state index contributed by atoms with van der Waals surface area (Å²) in [6.07, 6.45) is 10.8. The molecule has 32 heavy (non-hydrogen) atoms. The van der Waals surface area contributed by atoms with Crippen molar-refractivity contribution in [1.82, 2.24) is 20.0 Å². The lowest BCUT2D eigenvalue weighted by Gasteiger charge is -2.37. The highest BCUT2D eigenvalue weighted by atomic mass is 16.2. The minimum atomic E-state index is 0.155. The van der Waals surface area contributed by atoms with Crippen LogP contribution in [0.15, 0.2) is 30.3 Å². The van der Waals surface area contributed by atoms with Gasteiger partial charge in [-0.25, -0.2) is 0 Å². The molecule has 0 radical (unpaired) electrons. The molecule has 5 rings (SSSR count). The topological polar surface area (TPSA) is 52.2 Å². The van der Waals surface area contributed by atoms with E-state index in [2.05, 4.69) is 51.2 Å². The van der Waals surface area contributed by atoms with Crippen molar-refractivity contribution in [2.24, 2.45) is 5.92 Å². The summed E-state index contributed by atoms with van der Waals surface area (Å²) in [5, 5.41) is 7.54. The number of hydrogen-bond acceptors (Lipinski definition) is 3. The Kier molecular flexibility index (Phi) is 6.63. The van der Waals surface area contributed by atoms with Crippen LogP contribution in [-0.4, -0.2) is 58.1 Å². The molecule has 0 atom stereocenters. The van der Waals surface area contributed by atoms with Crippen molar-refractivity contribution in [3.05, 3.63) is 52.8 Å². The number of H-pyrrole nitrogens is 1. The molecular weight excluding hydrogens is 396 g/mol. The number of piperidine rings is 1. The van der Waals surface area contributed by atoms with E-state index >= 15 is 0 Å². The van der Waals surface area contributed by atoms with Gasteiger partial charge in [-0.2, -0.15) is 5.10 Å². The lowest BCUT2D eigenvalue weighted by atomic mass is 9.94. The molecule has 1 saturated heterocycles. The van der Waals surface area contributed by atoms with Gasteiger partial charge < -0.3 is 9.80 Å². The molecular formula is C27H38N4O. The molecule has 2 heterocycles. The maximum Gasteiger partial charge on any atom is 0.274 e. The van der Waals surface area contributed by atoms with Crippen LogP contribution in [0.5, 0.6) is 0 Å². The Bertz CT molecular complexity index is 904. The maximum atomic E-state index is 13.5. The fourth-order valence-corrected chi connectivity index (χ4v) is 5.65. The highest BCUT2D eigenvalue weighted by Crippen LogP contribution is 2.39. The fraction of sp³-hybridized carbons (Fsp3) is 0.630. The highest BCUT2D eigenvalue weighted by Gasteiger charge is 2.33. The summed E-state index contributed by atoms with van der Waals surface area (Å²) in [5.41, 5.74) is 4.66. The molecule has 3 fully saturated rings. The van der Waals surface area contributed by atoms with Crippen molar-refractivity contribution in [1.29, 1.82) is 0 Å². The number of likely N-dealkylation sites (tertiary alicyclic amines) is 1. The molecule has 172 valence electrons. The SMILES string of the molecule is Cc1ccccc1CCN1CCC(CN(C(=O)c2cc(C3CC3)[nH]n2)C2CCCC2)CC1. The van der Waals surface area contributed by atoms with Gasteiger partial charge >= 0.3 is 0 Å². The van der Waals surface area contributed by atoms with Crippen LogP contribution in [0.3, 0.4) is 0 Å². The molecule has 3 aliphatic rings. The van der Waals surface area contributed by atoms with Gasteiger partial charge in [0, 0.05) is 30.7 Å². The Morgan fingerprint density at radius 2 is 1.84 bits per heavy atom. The van der Waals surface area contributed by atoms with Crippen LogP contribution in [0.1, 0.15) is 84.6 Å². The number of aromatic nitrogens is 2. The Hall–Kier alpha value is -2.14.